The van der Waals surface area contributed by atoms with Gasteiger partial charge in [0.1, 0.15) is 12.4 Å². The number of ether oxygens (including phenoxy) is 1. The van der Waals surface area contributed by atoms with Crippen LogP contribution >= 0.6 is 11.6 Å². The molecule has 2 aromatic rings. The van der Waals surface area contributed by atoms with Crippen LogP contribution in [0.15, 0.2) is 48.5 Å². The zero-order chi connectivity index (χ0) is 14.5. The number of carbonyl (C=O) groups is 2. The third-order valence-corrected chi connectivity index (χ3v) is 2.92. The lowest BCUT2D eigenvalue weighted by atomic mass is 10.1. The Morgan fingerprint density at radius 3 is 2.40 bits per heavy atom. The fraction of sp³-hybridized carbons (Fsp3) is 0.0667. The number of carbonyl (C=O) groups excluding carboxylic acids is 1. The first-order chi connectivity index (χ1) is 9.58. The van der Waals surface area contributed by atoms with Gasteiger partial charge >= 0.3 is 5.97 Å². The monoisotopic (exact) mass is 290 g/mol. The minimum absolute atomic E-state index is 0.0227. The van der Waals surface area contributed by atoms with Crippen LogP contribution in [-0.2, 0) is 11.4 Å². The number of rotatable bonds is 5. The molecule has 0 aromatic heterocycles. The largest absolute Gasteiger partial charge is 0.487 e. The molecule has 0 heterocycles. The van der Waals surface area contributed by atoms with Crippen LogP contribution in [0.25, 0.3) is 0 Å². The van der Waals surface area contributed by atoms with Crippen LogP contribution in [-0.4, -0.2) is 16.9 Å². The Morgan fingerprint density at radius 2 is 1.80 bits per heavy atom. The van der Waals surface area contributed by atoms with E-state index < -0.39 is 11.8 Å². The molecule has 2 aromatic carbocycles. The van der Waals surface area contributed by atoms with Crippen molar-refractivity contribution in [3.05, 3.63) is 64.7 Å². The first-order valence-corrected chi connectivity index (χ1v) is 6.19. The fourth-order valence-corrected chi connectivity index (χ4v) is 1.85. The predicted octanol–water partition coefficient (Wildman–Crippen LogP) is 3.19. The van der Waals surface area contributed by atoms with E-state index in [9.17, 15) is 9.59 Å². The van der Waals surface area contributed by atoms with Crippen molar-refractivity contribution in [3.8, 4) is 5.75 Å². The van der Waals surface area contributed by atoms with E-state index in [1.807, 2.05) is 30.3 Å². The number of halogens is 1. The number of hydrogen-bond donors (Lipinski definition) is 1. The predicted molar refractivity (Wildman–Crippen MR) is 74.2 cm³/mol. The van der Waals surface area contributed by atoms with Gasteiger partial charge in [-0.1, -0.05) is 41.9 Å². The van der Waals surface area contributed by atoms with E-state index in [2.05, 4.69) is 0 Å². The molecular formula is C15H11ClO4. The molecule has 0 amide bonds. The average molecular weight is 291 g/mol. The summed E-state index contributed by atoms with van der Waals surface area (Å²) in [5.41, 5.74) is 1.00. The van der Waals surface area contributed by atoms with Gasteiger partial charge in [-0.05, 0) is 23.8 Å². The van der Waals surface area contributed by atoms with Gasteiger partial charge in [-0.3, -0.25) is 4.79 Å². The van der Waals surface area contributed by atoms with E-state index in [1.165, 1.54) is 18.2 Å². The molecule has 0 aliphatic heterocycles. The maximum atomic E-state index is 11.3. The van der Waals surface area contributed by atoms with Crippen molar-refractivity contribution >= 4 is 23.4 Å². The summed E-state index contributed by atoms with van der Waals surface area (Å²) < 4.78 is 5.53. The molecule has 0 radical (unpaired) electrons. The van der Waals surface area contributed by atoms with E-state index in [0.717, 1.165) is 5.56 Å². The van der Waals surface area contributed by atoms with E-state index in [4.69, 9.17) is 21.4 Å². The number of hydrogen-bond acceptors (Lipinski definition) is 3. The Morgan fingerprint density at radius 1 is 1.10 bits per heavy atom. The van der Waals surface area contributed by atoms with Gasteiger partial charge in [0.15, 0.2) is 0 Å². The van der Waals surface area contributed by atoms with Crippen LogP contribution < -0.4 is 4.74 Å². The number of benzene rings is 2. The molecule has 0 fully saturated rings. The van der Waals surface area contributed by atoms with E-state index in [-0.39, 0.29) is 10.6 Å². The molecule has 1 N–H and O–H groups in total. The van der Waals surface area contributed by atoms with Gasteiger partial charge < -0.3 is 9.84 Å². The second-order valence-electron chi connectivity index (χ2n) is 4.05. The standard InChI is InChI=1S/C15H11ClO4/c16-12-8-11(14(17)15(18)19)6-7-13(12)20-9-10-4-2-1-3-5-10/h1-8H,9H2,(H,18,19). The van der Waals surface area contributed by atoms with Crippen LogP contribution in [0.3, 0.4) is 0 Å². The molecule has 4 nitrogen and oxygen atoms in total. The summed E-state index contributed by atoms with van der Waals surface area (Å²) in [6.45, 7) is 0.340. The highest BCUT2D eigenvalue weighted by Gasteiger charge is 2.16. The molecule has 0 atom stereocenters. The summed E-state index contributed by atoms with van der Waals surface area (Å²) in [6, 6.07) is 13.7. The Labute approximate surface area is 120 Å². The maximum absolute atomic E-state index is 11.3. The normalized spacial score (nSPS) is 10.1. The molecule has 0 aliphatic carbocycles. The Kier molecular flexibility index (Phi) is 4.38. The molecule has 5 heteroatoms. The smallest absolute Gasteiger partial charge is 0.377 e. The van der Waals surface area contributed by atoms with Crippen molar-refractivity contribution in [3.63, 3.8) is 0 Å². The lowest BCUT2D eigenvalue weighted by molar-refractivity contribution is -0.131. The van der Waals surface area contributed by atoms with Gasteiger partial charge in [-0.2, -0.15) is 0 Å². The number of Topliss-reactive ketones (excluding diaryl/α,β-unsaturated/α-hetero) is 1. The first kappa shape index (κ1) is 14.1. The summed E-state index contributed by atoms with van der Waals surface area (Å²) in [5, 5.41) is 8.83. The topological polar surface area (TPSA) is 63.6 Å². The van der Waals surface area contributed by atoms with Gasteiger partial charge in [0.25, 0.3) is 5.78 Å². The van der Waals surface area contributed by atoms with Crippen molar-refractivity contribution in [1.82, 2.24) is 0 Å². The number of carboxylic acid groups (broad SMARTS) is 1. The second kappa shape index (κ2) is 6.21. The van der Waals surface area contributed by atoms with Gasteiger partial charge in [0.05, 0.1) is 5.02 Å². The van der Waals surface area contributed by atoms with Crippen molar-refractivity contribution in [2.45, 2.75) is 6.61 Å². The highest BCUT2D eigenvalue weighted by atomic mass is 35.5. The van der Waals surface area contributed by atoms with Crippen LogP contribution in [0.2, 0.25) is 5.02 Å². The molecule has 2 rings (SSSR count). The molecule has 0 aliphatic rings. The number of aliphatic carboxylic acids is 1. The van der Waals surface area contributed by atoms with Crippen LogP contribution in [0.1, 0.15) is 15.9 Å². The molecule has 0 unspecified atom stereocenters. The summed E-state index contributed by atoms with van der Waals surface area (Å²) >= 11 is 5.97. The number of ketones is 1. The van der Waals surface area contributed by atoms with Crippen LogP contribution in [0.5, 0.6) is 5.75 Å². The van der Waals surface area contributed by atoms with Crippen molar-refractivity contribution in [2.24, 2.45) is 0 Å². The van der Waals surface area contributed by atoms with Gasteiger partial charge in [0, 0.05) is 5.56 Å². The molecule has 0 saturated carbocycles. The van der Waals surface area contributed by atoms with Gasteiger partial charge in [-0.15, -0.1) is 0 Å². The maximum Gasteiger partial charge on any atom is 0.377 e. The van der Waals surface area contributed by atoms with Gasteiger partial charge in [0.2, 0.25) is 0 Å². The van der Waals surface area contributed by atoms with Crippen molar-refractivity contribution < 1.29 is 19.4 Å². The minimum atomic E-state index is -1.51. The zero-order valence-electron chi connectivity index (χ0n) is 10.4. The summed E-state index contributed by atoms with van der Waals surface area (Å²) in [7, 11) is 0. The summed E-state index contributed by atoms with van der Waals surface area (Å²) in [4.78, 5) is 21.9. The Balaban J connectivity index is 2.10. The van der Waals surface area contributed by atoms with Crippen LogP contribution in [0, 0.1) is 0 Å². The average Bonchev–Trinajstić information content (AvgIpc) is 2.46. The van der Waals surface area contributed by atoms with E-state index in [1.54, 1.807) is 0 Å². The highest BCUT2D eigenvalue weighted by molar-refractivity contribution is 6.40. The molecule has 20 heavy (non-hydrogen) atoms. The second-order valence-corrected chi connectivity index (χ2v) is 4.46. The summed E-state index contributed by atoms with van der Waals surface area (Å²) in [5.74, 6) is -2.11. The lowest BCUT2D eigenvalue weighted by Gasteiger charge is -2.08. The van der Waals surface area contributed by atoms with Crippen molar-refractivity contribution in [2.75, 3.05) is 0 Å². The summed E-state index contributed by atoms with van der Waals surface area (Å²) in [6.07, 6.45) is 0. The van der Waals surface area contributed by atoms with Gasteiger partial charge in [-0.25, -0.2) is 4.79 Å². The third kappa shape index (κ3) is 3.36. The quantitative estimate of drug-likeness (QED) is 0.678. The molecular weight excluding hydrogens is 280 g/mol. The number of carboxylic acids is 1. The fourth-order valence-electron chi connectivity index (χ4n) is 1.62. The lowest BCUT2D eigenvalue weighted by Crippen LogP contribution is -2.12. The molecule has 0 spiro atoms. The Bertz CT molecular complexity index is 638. The van der Waals surface area contributed by atoms with Crippen molar-refractivity contribution in [1.29, 1.82) is 0 Å². The SMILES string of the molecule is O=C(O)C(=O)c1ccc(OCc2ccccc2)c(Cl)c1. The molecule has 0 saturated heterocycles. The van der Waals surface area contributed by atoms with E-state index >= 15 is 0 Å². The van der Waals surface area contributed by atoms with Crippen LogP contribution in [0.4, 0.5) is 0 Å². The molecule has 102 valence electrons. The Hall–Kier alpha value is -2.33. The third-order valence-electron chi connectivity index (χ3n) is 2.63. The highest BCUT2D eigenvalue weighted by Crippen LogP contribution is 2.26. The zero-order valence-corrected chi connectivity index (χ0v) is 11.1. The minimum Gasteiger partial charge on any atom is -0.487 e. The molecule has 0 bridgehead atoms. The first-order valence-electron chi connectivity index (χ1n) is 5.82. The van der Waals surface area contributed by atoms with E-state index in [0.29, 0.717) is 12.4 Å².